The van der Waals surface area contributed by atoms with E-state index in [1.807, 2.05) is 31.9 Å². The van der Waals surface area contributed by atoms with Gasteiger partial charge in [0.2, 0.25) is 0 Å². The summed E-state index contributed by atoms with van der Waals surface area (Å²) in [7, 11) is 0. The molecular weight excluding hydrogens is 310 g/mol. The minimum Gasteiger partial charge on any atom is -0.444 e. The van der Waals surface area contributed by atoms with Crippen LogP contribution < -0.4 is 5.32 Å². The summed E-state index contributed by atoms with van der Waals surface area (Å²) in [4.78, 5) is 19.8. The summed E-state index contributed by atoms with van der Waals surface area (Å²) in [5.74, 6) is 0. The van der Waals surface area contributed by atoms with Gasteiger partial charge in [-0.2, -0.15) is 0 Å². The lowest BCUT2D eigenvalue weighted by molar-refractivity contribution is 0.0214. The minimum absolute atomic E-state index is 0.178. The quantitative estimate of drug-likeness (QED) is 0.888. The van der Waals surface area contributed by atoms with Crippen molar-refractivity contribution in [2.24, 2.45) is 0 Å². The van der Waals surface area contributed by atoms with Gasteiger partial charge in [0.05, 0.1) is 0 Å². The van der Waals surface area contributed by atoms with E-state index in [0.717, 1.165) is 37.4 Å². The summed E-state index contributed by atoms with van der Waals surface area (Å²) in [5.41, 5.74) is -0.434. The van der Waals surface area contributed by atoms with E-state index in [2.05, 4.69) is 24.1 Å². The second-order valence-corrected chi connectivity index (χ2v) is 8.67. The zero-order valence-electron chi connectivity index (χ0n) is 14.9. The first kappa shape index (κ1) is 18.2. The van der Waals surface area contributed by atoms with Crippen molar-refractivity contribution in [1.82, 2.24) is 15.2 Å². The highest BCUT2D eigenvalue weighted by Gasteiger charge is 2.32. The van der Waals surface area contributed by atoms with Gasteiger partial charge in [-0.15, -0.1) is 11.3 Å². The number of carbonyl (C=O) groups excluding carboxylic acids is 1. The molecule has 1 N–H and O–H groups in total. The number of nitrogens with zero attached hydrogens (tertiary/aromatic N) is 2. The average molecular weight is 340 g/mol. The zero-order chi connectivity index (χ0) is 17.0. The van der Waals surface area contributed by atoms with E-state index in [0.29, 0.717) is 6.04 Å². The summed E-state index contributed by atoms with van der Waals surface area (Å²) >= 11 is 1.73. The average Bonchev–Trinajstić information content (AvgIpc) is 3.03. The van der Waals surface area contributed by atoms with Gasteiger partial charge in [0.15, 0.2) is 0 Å². The topological polar surface area (TPSA) is 54.5 Å². The molecule has 0 saturated carbocycles. The number of thiazole rings is 1. The first-order chi connectivity index (χ1) is 10.7. The summed E-state index contributed by atoms with van der Waals surface area (Å²) < 4.78 is 5.52. The SMILES string of the molecule is Cc1cnc(CNC(C)CC2CCCN2C(=O)OC(C)(C)C)s1. The molecule has 1 aromatic heterocycles. The van der Waals surface area contributed by atoms with Gasteiger partial charge in [-0.3, -0.25) is 0 Å². The molecule has 2 rings (SSSR count). The second kappa shape index (κ2) is 7.62. The number of hydrogen-bond donors (Lipinski definition) is 1. The summed E-state index contributed by atoms with van der Waals surface area (Å²) in [6.45, 7) is 11.6. The molecule has 2 heterocycles. The maximum absolute atomic E-state index is 12.3. The fraction of sp³-hybridized carbons (Fsp3) is 0.765. The second-order valence-electron chi connectivity index (χ2n) is 7.35. The molecule has 0 aliphatic carbocycles. The molecular formula is C17H29N3O2S. The van der Waals surface area contributed by atoms with Crippen LogP contribution >= 0.6 is 11.3 Å². The van der Waals surface area contributed by atoms with Gasteiger partial charge in [0, 0.05) is 36.2 Å². The van der Waals surface area contributed by atoms with Gasteiger partial charge in [-0.25, -0.2) is 9.78 Å². The molecule has 23 heavy (non-hydrogen) atoms. The monoisotopic (exact) mass is 339 g/mol. The number of amides is 1. The van der Waals surface area contributed by atoms with Crippen LogP contribution in [0.3, 0.4) is 0 Å². The Kier molecular flexibility index (Phi) is 6.03. The first-order valence-corrected chi connectivity index (χ1v) is 9.20. The summed E-state index contributed by atoms with van der Waals surface area (Å²) in [6.07, 6.45) is 4.80. The van der Waals surface area contributed by atoms with Crippen molar-refractivity contribution in [3.63, 3.8) is 0 Å². The molecule has 5 nitrogen and oxygen atoms in total. The Morgan fingerprint density at radius 3 is 2.91 bits per heavy atom. The number of aryl methyl sites for hydroxylation is 1. The fourth-order valence-electron chi connectivity index (χ4n) is 2.88. The van der Waals surface area contributed by atoms with Gasteiger partial charge in [0.25, 0.3) is 0 Å². The smallest absolute Gasteiger partial charge is 0.410 e. The van der Waals surface area contributed by atoms with E-state index in [1.165, 1.54) is 4.88 Å². The molecule has 130 valence electrons. The van der Waals surface area contributed by atoms with E-state index in [-0.39, 0.29) is 12.1 Å². The molecule has 0 spiro atoms. The van der Waals surface area contributed by atoms with Crippen molar-refractivity contribution in [1.29, 1.82) is 0 Å². The lowest BCUT2D eigenvalue weighted by Crippen LogP contribution is -2.42. The van der Waals surface area contributed by atoms with Crippen LogP contribution in [0.1, 0.15) is 56.8 Å². The Morgan fingerprint density at radius 1 is 1.57 bits per heavy atom. The lowest BCUT2D eigenvalue weighted by Gasteiger charge is -2.30. The third-order valence-electron chi connectivity index (χ3n) is 3.90. The number of likely N-dealkylation sites (tertiary alicyclic amines) is 1. The van der Waals surface area contributed by atoms with Crippen LogP contribution in [0.5, 0.6) is 0 Å². The van der Waals surface area contributed by atoms with Crippen molar-refractivity contribution >= 4 is 17.4 Å². The Morgan fingerprint density at radius 2 is 2.30 bits per heavy atom. The third-order valence-corrected chi connectivity index (χ3v) is 4.81. The molecule has 1 saturated heterocycles. The molecule has 0 aromatic carbocycles. The number of carbonyl (C=O) groups is 1. The standard InChI is InChI=1S/C17H29N3O2S/c1-12(18-11-15-19-10-13(2)23-15)9-14-7-6-8-20(14)16(21)22-17(3,4)5/h10,12,14,18H,6-9,11H2,1-5H3. The maximum atomic E-state index is 12.3. The predicted molar refractivity (Wildman–Crippen MR) is 93.7 cm³/mol. The highest BCUT2D eigenvalue weighted by Crippen LogP contribution is 2.24. The molecule has 1 aromatic rings. The van der Waals surface area contributed by atoms with Crippen molar-refractivity contribution in [2.45, 2.75) is 78.1 Å². The number of nitrogens with one attached hydrogen (secondary N) is 1. The lowest BCUT2D eigenvalue weighted by atomic mass is 10.1. The van der Waals surface area contributed by atoms with E-state index in [4.69, 9.17) is 4.74 Å². The minimum atomic E-state index is -0.434. The number of ether oxygens (including phenoxy) is 1. The van der Waals surface area contributed by atoms with Crippen molar-refractivity contribution in [2.75, 3.05) is 6.54 Å². The van der Waals surface area contributed by atoms with Gasteiger partial charge < -0.3 is 15.0 Å². The molecule has 6 heteroatoms. The first-order valence-electron chi connectivity index (χ1n) is 8.39. The maximum Gasteiger partial charge on any atom is 0.410 e. The van der Waals surface area contributed by atoms with Gasteiger partial charge in [0.1, 0.15) is 10.6 Å². The Balaban J connectivity index is 1.81. The van der Waals surface area contributed by atoms with Crippen molar-refractivity contribution in [3.8, 4) is 0 Å². The van der Waals surface area contributed by atoms with Crippen LogP contribution in [-0.4, -0.2) is 40.2 Å². The third kappa shape index (κ3) is 5.77. The van der Waals surface area contributed by atoms with Crippen molar-refractivity contribution in [3.05, 3.63) is 16.1 Å². The molecule has 2 unspecified atom stereocenters. The van der Waals surface area contributed by atoms with E-state index < -0.39 is 5.60 Å². The number of aromatic nitrogens is 1. The van der Waals surface area contributed by atoms with Crippen LogP contribution in [0.4, 0.5) is 4.79 Å². The highest BCUT2D eigenvalue weighted by atomic mass is 32.1. The van der Waals surface area contributed by atoms with Gasteiger partial charge in [-0.1, -0.05) is 0 Å². The predicted octanol–water partition coefficient (Wildman–Crippen LogP) is 3.72. The molecule has 1 aliphatic heterocycles. The van der Waals surface area contributed by atoms with Gasteiger partial charge >= 0.3 is 6.09 Å². The molecule has 0 bridgehead atoms. The Labute approximate surface area is 143 Å². The molecule has 1 amide bonds. The highest BCUT2D eigenvalue weighted by molar-refractivity contribution is 7.11. The van der Waals surface area contributed by atoms with Crippen LogP contribution in [0.15, 0.2) is 6.20 Å². The van der Waals surface area contributed by atoms with Crippen LogP contribution in [-0.2, 0) is 11.3 Å². The molecule has 1 aliphatic rings. The molecule has 2 atom stereocenters. The fourth-order valence-corrected chi connectivity index (χ4v) is 3.62. The van der Waals surface area contributed by atoms with Crippen molar-refractivity contribution < 1.29 is 9.53 Å². The molecule has 1 fully saturated rings. The number of hydrogen-bond acceptors (Lipinski definition) is 5. The number of rotatable bonds is 5. The van der Waals surface area contributed by atoms with Gasteiger partial charge in [-0.05, 0) is 53.9 Å². The van der Waals surface area contributed by atoms with Crippen LogP contribution in [0.2, 0.25) is 0 Å². The molecule has 0 radical (unpaired) electrons. The van der Waals surface area contributed by atoms with Crippen LogP contribution in [0.25, 0.3) is 0 Å². The Hall–Kier alpha value is -1.14. The van der Waals surface area contributed by atoms with E-state index in [9.17, 15) is 4.79 Å². The Bertz CT molecular complexity index is 524. The summed E-state index contributed by atoms with van der Waals surface area (Å²) in [6, 6.07) is 0.609. The van der Waals surface area contributed by atoms with E-state index >= 15 is 0 Å². The zero-order valence-corrected chi connectivity index (χ0v) is 15.7. The van der Waals surface area contributed by atoms with Crippen LogP contribution in [0, 0.1) is 6.92 Å². The largest absolute Gasteiger partial charge is 0.444 e. The normalized spacial score (nSPS) is 19.9. The van der Waals surface area contributed by atoms with E-state index in [1.54, 1.807) is 11.3 Å². The summed E-state index contributed by atoms with van der Waals surface area (Å²) in [5, 5.41) is 4.63.